The molecule has 0 unspecified atom stereocenters. The molecular weight excluding hydrogens is 314 g/mol. The molecule has 23 heavy (non-hydrogen) atoms. The van der Waals surface area contributed by atoms with E-state index in [2.05, 4.69) is 5.10 Å². The minimum atomic E-state index is 0.00248. The van der Waals surface area contributed by atoms with E-state index in [0.29, 0.717) is 23.7 Å². The largest absolute Gasteiger partial charge is 0.377 e. The van der Waals surface area contributed by atoms with Crippen LogP contribution in [0, 0.1) is 0 Å². The number of amides is 1. The topological polar surface area (TPSA) is 47.4 Å². The molecule has 0 bridgehead atoms. The van der Waals surface area contributed by atoms with Crippen LogP contribution in [0.15, 0.2) is 36.7 Å². The first kappa shape index (κ1) is 16.0. The Labute approximate surface area is 140 Å². The Morgan fingerprint density at radius 1 is 1.48 bits per heavy atom. The van der Waals surface area contributed by atoms with Gasteiger partial charge < -0.3 is 9.64 Å². The van der Waals surface area contributed by atoms with Gasteiger partial charge in [0, 0.05) is 30.9 Å². The summed E-state index contributed by atoms with van der Waals surface area (Å²) in [6, 6.07) is 7.38. The number of rotatable bonds is 4. The average Bonchev–Trinajstić information content (AvgIpc) is 3.05. The minimum absolute atomic E-state index is 0.00248. The highest BCUT2D eigenvalue weighted by Gasteiger charge is 2.25. The maximum atomic E-state index is 12.7. The van der Waals surface area contributed by atoms with Crippen molar-refractivity contribution in [1.29, 1.82) is 0 Å². The second-order valence-corrected chi connectivity index (χ2v) is 6.06. The van der Waals surface area contributed by atoms with Gasteiger partial charge in [-0.25, -0.2) is 4.68 Å². The van der Waals surface area contributed by atoms with E-state index in [9.17, 15) is 4.79 Å². The SMILES string of the molecule is CCO[C@@H]1CCCN(C(=O)c2cnn(-c3cccc(Cl)c3)c2)C1. The molecule has 0 radical (unpaired) electrons. The molecule has 3 rings (SSSR count). The average molecular weight is 334 g/mol. The van der Waals surface area contributed by atoms with E-state index in [1.165, 1.54) is 0 Å². The Morgan fingerprint density at radius 2 is 2.35 bits per heavy atom. The van der Waals surface area contributed by atoms with Gasteiger partial charge in [-0.3, -0.25) is 4.79 Å². The molecule has 2 aromatic rings. The zero-order valence-corrected chi connectivity index (χ0v) is 13.9. The molecule has 1 amide bonds. The van der Waals surface area contributed by atoms with Crippen molar-refractivity contribution in [3.05, 3.63) is 47.2 Å². The van der Waals surface area contributed by atoms with Crippen molar-refractivity contribution in [3.8, 4) is 5.69 Å². The van der Waals surface area contributed by atoms with Gasteiger partial charge in [-0.05, 0) is 38.0 Å². The highest BCUT2D eigenvalue weighted by molar-refractivity contribution is 6.30. The molecule has 0 spiro atoms. The smallest absolute Gasteiger partial charge is 0.257 e. The summed E-state index contributed by atoms with van der Waals surface area (Å²) in [5.74, 6) is 0.00248. The third-order valence-corrected chi connectivity index (χ3v) is 4.21. The molecule has 1 atom stereocenters. The summed E-state index contributed by atoms with van der Waals surface area (Å²) in [7, 11) is 0. The van der Waals surface area contributed by atoms with E-state index >= 15 is 0 Å². The lowest BCUT2D eigenvalue weighted by Gasteiger charge is -2.32. The number of ether oxygens (including phenoxy) is 1. The zero-order chi connectivity index (χ0) is 16.2. The van der Waals surface area contributed by atoms with E-state index in [0.717, 1.165) is 25.1 Å². The lowest BCUT2D eigenvalue weighted by Crippen LogP contribution is -2.43. The van der Waals surface area contributed by atoms with E-state index in [4.69, 9.17) is 16.3 Å². The van der Waals surface area contributed by atoms with Crippen LogP contribution in [0.4, 0.5) is 0 Å². The Balaban J connectivity index is 1.73. The number of carbonyl (C=O) groups is 1. The molecule has 6 heteroatoms. The third kappa shape index (κ3) is 3.74. The number of hydrogen-bond acceptors (Lipinski definition) is 3. The van der Waals surface area contributed by atoms with Crippen molar-refractivity contribution in [2.24, 2.45) is 0 Å². The van der Waals surface area contributed by atoms with Crippen molar-refractivity contribution in [2.45, 2.75) is 25.9 Å². The first-order valence-electron chi connectivity index (χ1n) is 7.89. The number of halogens is 1. The molecule has 1 aromatic heterocycles. The maximum absolute atomic E-state index is 12.7. The van der Waals surface area contributed by atoms with Gasteiger partial charge in [-0.2, -0.15) is 5.10 Å². The molecule has 0 N–H and O–H groups in total. The molecule has 1 aliphatic heterocycles. The van der Waals surface area contributed by atoms with Gasteiger partial charge in [0.15, 0.2) is 0 Å². The Hall–Kier alpha value is -1.85. The normalized spacial score (nSPS) is 18.2. The van der Waals surface area contributed by atoms with Crippen molar-refractivity contribution >= 4 is 17.5 Å². The number of hydrogen-bond donors (Lipinski definition) is 0. The quantitative estimate of drug-likeness (QED) is 0.863. The number of likely N-dealkylation sites (tertiary alicyclic amines) is 1. The summed E-state index contributed by atoms with van der Waals surface area (Å²) in [5, 5.41) is 4.92. The Kier molecular flexibility index (Phi) is 4.98. The van der Waals surface area contributed by atoms with E-state index in [-0.39, 0.29) is 12.0 Å². The first-order chi connectivity index (χ1) is 11.2. The summed E-state index contributed by atoms with van der Waals surface area (Å²) >= 11 is 6.00. The summed E-state index contributed by atoms with van der Waals surface area (Å²) < 4.78 is 7.33. The predicted molar refractivity (Wildman–Crippen MR) is 89.1 cm³/mol. The van der Waals surface area contributed by atoms with Gasteiger partial charge >= 0.3 is 0 Å². The second kappa shape index (κ2) is 7.15. The van der Waals surface area contributed by atoms with Gasteiger partial charge in [0.05, 0.1) is 23.6 Å². The highest BCUT2D eigenvalue weighted by Crippen LogP contribution is 2.18. The van der Waals surface area contributed by atoms with E-state index < -0.39 is 0 Å². The van der Waals surface area contributed by atoms with Crippen LogP contribution in [0.2, 0.25) is 5.02 Å². The van der Waals surface area contributed by atoms with E-state index in [1.807, 2.05) is 36.1 Å². The first-order valence-corrected chi connectivity index (χ1v) is 8.26. The van der Waals surface area contributed by atoms with Crippen LogP contribution in [0.25, 0.3) is 5.69 Å². The van der Waals surface area contributed by atoms with Gasteiger partial charge in [0.2, 0.25) is 0 Å². The summed E-state index contributed by atoms with van der Waals surface area (Å²) in [6.07, 6.45) is 5.48. The van der Waals surface area contributed by atoms with E-state index in [1.54, 1.807) is 17.1 Å². The lowest BCUT2D eigenvalue weighted by molar-refractivity contribution is 0.00724. The van der Waals surface area contributed by atoms with Crippen molar-refractivity contribution < 1.29 is 9.53 Å². The highest BCUT2D eigenvalue weighted by atomic mass is 35.5. The lowest BCUT2D eigenvalue weighted by atomic mass is 10.1. The second-order valence-electron chi connectivity index (χ2n) is 5.62. The number of piperidine rings is 1. The summed E-state index contributed by atoms with van der Waals surface area (Å²) in [5.41, 5.74) is 1.42. The zero-order valence-electron chi connectivity index (χ0n) is 13.1. The number of carbonyl (C=O) groups excluding carboxylic acids is 1. The minimum Gasteiger partial charge on any atom is -0.377 e. The molecule has 2 heterocycles. The van der Waals surface area contributed by atoms with Crippen molar-refractivity contribution in [3.63, 3.8) is 0 Å². The van der Waals surface area contributed by atoms with Gasteiger partial charge in [0.25, 0.3) is 5.91 Å². The third-order valence-electron chi connectivity index (χ3n) is 3.97. The standard InChI is InChI=1S/C17H20ClN3O2/c1-2-23-16-7-4-8-20(12-16)17(22)13-10-19-21(11-13)15-6-3-5-14(18)9-15/h3,5-6,9-11,16H,2,4,7-8,12H2,1H3/t16-/m1/s1. The van der Waals surface area contributed by atoms with Crippen LogP contribution in [-0.4, -0.2) is 46.4 Å². The molecule has 1 aromatic carbocycles. The maximum Gasteiger partial charge on any atom is 0.257 e. The van der Waals surface area contributed by atoms with Crippen LogP contribution in [-0.2, 0) is 4.74 Å². The molecule has 1 saturated heterocycles. The molecular formula is C17H20ClN3O2. The van der Waals surface area contributed by atoms with Gasteiger partial charge in [-0.1, -0.05) is 17.7 Å². The fourth-order valence-electron chi connectivity index (χ4n) is 2.87. The molecule has 0 aliphatic carbocycles. The van der Waals surface area contributed by atoms with Crippen LogP contribution < -0.4 is 0 Å². The van der Waals surface area contributed by atoms with Crippen molar-refractivity contribution in [1.82, 2.24) is 14.7 Å². The summed E-state index contributed by atoms with van der Waals surface area (Å²) in [4.78, 5) is 14.5. The predicted octanol–water partition coefficient (Wildman–Crippen LogP) is 3.17. The monoisotopic (exact) mass is 333 g/mol. The van der Waals surface area contributed by atoms with Crippen LogP contribution in [0.3, 0.4) is 0 Å². The number of aromatic nitrogens is 2. The number of nitrogens with zero attached hydrogens (tertiary/aromatic N) is 3. The van der Waals surface area contributed by atoms with Gasteiger partial charge in [-0.15, -0.1) is 0 Å². The molecule has 1 aliphatic rings. The summed E-state index contributed by atoms with van der Waals surface area (Å²) in [6.45, 7) is 4.08. The number of benzene rings is 1. The van der Waals surface area contributed by atoms with Crippen molar-refractivity contribution in [2.75, 3.05) is 19.7 Å². The Morgan fingerprint density at radius 3 is 3.13 bits per heavy atom. The van der Waals surface area contributed by atoms with Crippen LogP contribution in [0.1, 0.15) is 30.1 Å². The van der Waals surface area contributed by atoms with Crippen LogP contribution in [0.5, 0.6) is 0 Å². The Bertz CT molecular complexity index is 684. The fraction of sp³-hybridized carbons (Fsp3) is 0.412. The molecule has 5 nitrogen and oxygen atoms in total. The molecule has 122 valence electrons. The fourth-order valence-corrected chi connectivity index (χ4v) is 3.05. The van der Waals surface area contributed by atoms with Crippen LogP contribution >= 0.6 is 11.6 Å². The molecule has 0 saturated carbocycles. The molecule has 1 fully saturated rings. The van der Waals surface area contributed by atoms with Gasteiger partial charge in [0.1, 0.15) is 0 Å².